The van der Waals surface area contributed by atoms with Crippen molar-refractivity contribution in [3.8, 4) is 0 Å². The Bertz CT molecular complexity index is 538. The van der Waals surface area contributed by atoms with Crippen molar-refractivity contribution in [1.29, 1.82) is 0 Å². The van der Waals surface area contributed by atoms with E-state index in [9.17, 15) is 9.59 Å². The van der Waals surface area contributed by atoms with Crippen LogP contribution < -0.4 is 11.3 Å². The van der Waals surface area contributed by atoms with Crippen LogP contribution in [0.2, 0.25) is 0 Å². The van der Waals surface area contributed by atoms with Crippen molar-refractivity contribution in [3.63, 3.8) is 0 Å². The molecule has 1 saturated carbocycles. The molecule has 1 aliphatic carbocycles. The third kappa shape index (κ3) is 3.85. The molecular weight excluding hydrogens is 256 g/mol. The van der Waals surface area contributed by atoms with Gasteiger partial charge in [-0.3, -0.25) is 9.59 Å². The lowest BCUT2D eigenvalue weighted by molar-refractivity contribution is -0.152. The summed E-state index contributed by atoms with van der Waals surface area (Å²) < 4.78 is 6.73. The molecule has 1 aliphatic rings. The Morgan fingerprint density at radius 3 is 2.70 bits per heavy atom. The molecule has 0 amide bonds. The van der Waals surface area contributed by atoms with Crippen molar-refractivity contribution in [3.05, 3.63) is 28.7 Å². The van der Waals surface area contributed by atoms with Gasteiger partial charge in [-0.1, -0.05) is 13.8 Å². The summed E-state index contributed by atoms with van der Waals surface area (Å²) in [5, 5.41) is 0. The van der Waals surface area contributed by atoms with Crippen LogP contribution in [0.25, 0.3) is 0 Å². The van der Waals surface area contributed by atoms with E-state index < -0.39 is 0 Å². The lowest BCUT2D eigenvalue weighted by Crippen LogP contribution is -2.31. The Morgan fingerprint density at radius 2 is 2.05 bits per heavy atom. The molecule has 1 heterocycles. The number of carbonyl (C=O) groups is 1. The molecule has 0 atom stereocenters. The molecular formula is C15H22N2O3. The minimum Gasteiger partial charge on any atom is -0.461 e. The number of carbonyl (C=O) groups excluding carboxylic acids is 1. The van der Waals surface area contributed by atoms with Gasteiger partial charge in [0.15, 0.2) is 0 Å². The maximum atomic E-state index is 11.9. The number of rotatable bonds is 3. The van der Waals surface area contributed by atoms with Gasteiger partial charge in [-0.05, 0) is 37.2 Å². The predicted molar refractivity (Wildman–Crippen MR) is 77.2 cm³/mol. The van der Waals surface area contributed by atoms with Crippen molar-refractivity contribution in [2.45, 2.75) is 52.2 Å². The zero-order valence-corrected chi connectivity index (χ0v) is 12.1. The summed E-state index contributed by atoms with van der Waals surface area (Å²) in [6.07, 6.45) is 5.35. The summed E-state index contributed by atoms with van der Waals surface area (Å²) in [4.78, 5) is 23.5. The van der Waals surface area contributed by atoms with Crippen LogP contribution in [0, 0.1) is 5.41 Å². The second-order valence-corrected chi connectivity index (χ2v) is 6.28. The van der Waals surface area contributed by atoms with E-state index in [1.807, 2.05) is 0 Å². The summed E-state index contributed by atoms with van der Waals surface area (Å²) >= 11 is 0. The summed E-state index contributed by atoms with van der Waals surface area (Å²) in [6, 6.07) is 2.87. The normalized spacial score (nSPS) is 18.7. The van der Waals surface area contributed by atoms with Crippen LogP contribution in [-0.4, -0.2) is 16.6 Å². The van der Waals surface area contributed by atoms with Gasteiger partial charge in [0, 0.05) is 18.0 Å². The molecule has 1 aromatic heterocycles. The zero-order chi connectivity index (χ0) is 14.8. The summed E-state index contributed by atoms with van der Waals surface area (Å²) in [5.74, 6) is -0.373. The molecule has 0 radical (unpaired) electrons. The molecule has 20 heavy (non-hydrogen) atoms. The van der Waals surface area contributed by atoms with E-state index in [0.29, 0.717) is 11.1 Å². The first-order valence-corrected chi connectivity index (χ1v) is 7.01. The van der Waals surface area contributed by atoms with Gasteiger partial charge >= 0.3 is 5.97 Å². The highest BCUT2D eigenvalue weighted by Gasteiger charge is 2.28. The zero-order valence-electron chi connectivity index (χ0n) is 12.1. The Labute approximate surface area is 118 Å². The summed E-state index contributed by atoms with van der Waals surface area (Å²) in [6.45, 7) is 4.39. The van der Waals surface area contributed by atoms with Crippen LogP contribution in [0.1, 0.15) is 39.5 Å². The second kappa shape index (κ2) is 5.69. The molecule has 5 heteroatoms. The van der Waals surface area contributed by atoms with Crippen molar-refractivity contribution < 1.29 is 9.53 Å². The summed E-state index contributed by atoms with van der Waals surface area (Å²) in [5.41, 5.74) is 6.15. The molecule has 1 fully saturated rings. The maximum absolute atomic E-state index is 11.9. The van der Waals surface area contributed by atoms with Gasteiger partial charge in [-0.2, -0.15) is 0 Å². The fraction of sp³-hybridized carbons (Fsp3) is 0.600. The Kier molecular flexibility index (Phi) is 4.16. The van der Waals surface area contributed by atoms with Gasteiger partial charge in [0.2, 0.25) is 0 Å². The Morgan fingerprint density at radius 1 is 1.40 bits per heavy atom. The second-order valence-electron chi connectivity index (χ2n) is 6.28. The number of esters is 1. The highest BCUT2D eigenvalue weighted by molar-refractivity contribution is 5.69. The molecule has 0 bridgehead atoms. The van der Waals surface area contributed by atoms with Crippen molar-refractivity contribution in [1.82, 2.24) is 4.57 Å². The number of ether oxygens (including phenoxy) is 1. The number of nitrogens with two attached hydrogens (primary N) is 1. The smallest absolute Gasteiger partial charge is 0.326 e. The maximum Gasteiger partial charge on any atom is 0.326 e. The van der Waals surface area contributed by atoms with Crippen LogP contribution in [0.3, 0.4) is 0 Å². The number of nitrogens with zero attached hydrogens (tertiary/aromatic N) is 1. The van der Waals surface area contributed by atoms with Crippen LogP contribution >= 0.6 is 0 Å². The van der Waals surface area contributed by atoms with E-state index in [0.717, 1.165) is 25.7 Å². The quantitative estimate of drug-likeness (QED) is 0.857. The molecule has 110 valence electrons. The van der Waals surface area contributed by atoms with Gasteiger partial charge in [0.25, 0.3) is 5.56 Å². The first kappa shape index (κ1) is 14.6. The van der Waals surface area contributed by atoms with Crippen LogP contribution in [-0.2, 0) is 16.1 Å². The number of aromatic nitrogens is 1. The molecule has 0 spiro atoms. The highest BCUT2D eigenvalue weighted by Crippen LogP contribution is 2.36. The topological polar surface area (TPSA) is 74.3 Å². The third-order valence-electron chi connectivity index (χ3n) is 3.89. The fourth-order valence-corrected chi connectivity index (χ4v) is 2.53. The van der Waals surface area contributed by atoms with E-state index in [-0.39, 0.29) is 24.2 Å². The molecule has 0 aliphatic heterocycles. The lowest BCUT2D eigenvalue weighted by Gasteiger charge is -2.33. The SMILES string of the molecule is CC1(C)CCC(OC(=O)Cn2cc(N)ccc2=O)CC1. The first-order chi connectivity index (χ1) is 9.35. The van der Waals surface area contributed by atoms with E-state index in [1.165, 1.54) is 22.9 Å². The average molecular weight is 278 g/mol. The summed E-state index contributed by atoms with van der Waals surface area (Å²) in [7, 11) is 0. The molecule has 1 aromatic rings. The molecule has 0 unspecified atom stereocenters. The Hall–Kier alpha value is -1.78. The van der Waals surface area contributed by atoms with Gasteiger partial charge < -0.3 is 15.0 Å². The van der Waals surface area contributed by atoms with Crippen LogP contribution in [0.4, 0.5) is 5.69 Å². The van der Waals surface area contributed by atoms with Crippen molar-refractivity contribution >= 4 is 11.7 Å². The van der Waals surface area contributed by atoms with Gasteiger partial charge in [-0.15, -0.1) is 0 Å². The van der Waals surface area contributed by atoms with Gasteiger partial charge in [-0.25, -0.2) is 0 Å². The predicted octanol–water partition coefficient (Wildman–Crippen LogP) is 1.94. The van der Waals surface area contributed by atoms with E-state index in [2.05, 4.69) is 13.8 Å². The molecule has 0 saturated heterocycles. The first-order valence-electron chi connectivity index (χ1n) is 7.01. The standard InChI is InChI=1S/C15H22N2O3/c1-15(2)7-5-12(6-8-15)20-14(19)10-17-9-11(16)3-4-13(17)18/h3-4,9,12H,5-8,10,16H2,1-2H3. The van der Waals surface area contributed by atoms with Gasteiger partial charge in [0.1, 0.15) is 12.6 Å². The molecule has 2 rings (SSSR count). The van der Waals surface area contributed by atoms with Gasteiger partial charge in [0.05, 0.1) is 0 Å². The molecule has 5 nitrogen and oxygen atoms in total. The molecule has 0 aromatic carbocycles. The van der Waals surface area contributed by atoms with E-state index in [4.69, 9.17) is 10.5 Å². The average Bonchev–Trinajstić information content (AvgIpc) is 2.36. The van der Waals surface area contributed by atoms with Crippen molar-refractivity contribution in [2.24, 2.45) is 5.41 Å². The van der Waals surface area contributed by atoms with E-state index >= 15 is 0 Å². The monoisotopic (exact) mass is 278 g/mol. The number of hydrogen-bond donors (Lipinski definition) is 1. The van der Waals surface area contributed by atoms with Crippen LogP contribution in [0.5, 0.6) is 0 Å². The number of anilines is 1. The van der Waals surface area contributed by atoms with Crippen LogP contribution in [0.15, 0.2) is 23.1 Å². The number of pyridine rings is 1. The van der Waals surface area contributed by atoms with Crippen molar-refractivity contribution in [2.75, 3.05) is 5.73 Å². The van der Waals surface area contributed by atoms with E-state index in [1.54, 1.807) is 0 Å². The molecule has 2 N–H and O–H groups in total. The fourth-order valence-electron chi connectivity index (χ4n) is 2.53. The minimum atomic E-state index is -0.373. The third-order valence-corrected chi connectivity index (χ3v) is 3.89. The largest absolute Gasteiger partial charge is 0.461 e. The Balaban J connectivity index is 1.90. The minimum absolute atomic E-state index is 0.0210. The lowest BCUT2D eigenvalue weighted by atomic mass is 9.76. The number of hydrogen-bond acceptors (Lipinski definition) is 4. The highest BCUT2D eigenvalue weighted by atomic mass is 16.5. The number of nitrogen functional groups attached to an aromatic ring is 1.